The van der Waals surface area contributed by atoms with Crippen molar-refractivity contribution in [3.63, 3.8) is 0 Å². The largest absolute Gasteiger partial charge is 0.368 e. The molecule has 0 aromatic carbocycles. The zero-order valence-corrected chi connectivity index (χ0v) is 10.2. The van der Waals surface area contributed by atoms with Gasteiger partial charge in [-0.25, -0.2) is 0 Å². The number of rotatable bonds is 4. The predicted molar refractivity (Wildman–Crippen MR) is 62.5 cm³/mol. The smallest absolute Gasteiger partial charge is 0.276 e. The van der Waals surface area contributed by atoms with Crippen LogP contribution < -0.4 is 11.1 Å². The van der Waals surface area contributed by atoms with Crippen molar-refractivity contribution in [3.05, 3.63) is 11.9 Å². The molecule has 8 heteroatoms. The molecule has 1 unspecified atom stereocenters. The van der Waals surface area contributed by atoms with Crippen molar-refractivity contribution in [1.29, 1.82) is 0 Å². The van der Waals surface area contributed by atoms with E-state index in [2.05, 4.69) is 15.6 Å². The van der Waals surface area contributed by atoms with Crippen molar-refractivity contribution in [2.75, 3.05) is 19.6 Å². The molecule has 3 N–H and O–H groups in total. The molecule has 8 nitrogen and oxygen atoms in total. The number of amides is 2. The van der Waals surface area contributed by atoms with Gasteiger partial charge in [0.15, 0.2) is 5.69 Å². The quantitative estimate of drug-likeness (QED) is 0.651. The number of nitrogens with two attached hydrogens (primary N) is 1. The Morgan fingerprint density at radius 3 is 2.94 bits per heavy atom. The van der Waals surface area contributed by atoms with E-state index in [-0.39, 0.29) is 24.2 Å². The molecule has 18 heavy (non-hydrogen) atoms. The maximum Gasteiger partial charge on any atom is 0.276 e. The van der Waals surface area contributed by atoms with Crippen molar-refractivity contribution in [2.45, 2.75) is 12.5 Å². The second kappa shape index (κ2) is 5.13. The van der Waals surface area contributed by atoms with Crippen molar-refractivity contribution in [1.82, 2.24) is 25.2 Å². The average molecular weight is 252 g/mol. The summed E-state index contributed by atoms with van der Waals surface area (Å²) in [5.74, 6) is -0.838. The number of primary amides is 1. The van der Waals surface area contributed by atoms with E-state index in [1.807, 2.05) is 0 Å². The van der Waals surface area contributed by atoms with Crippen LogP contribution in [0.15, 0.2) is 6.20 Å². The molecule has 2 rings (SSSR count). The minimum absolute atomic E-state index is 0.0213. The van der Waals surface area contributed by atoms with E-state index in [4.69, 9.17) is 5.73 Å². The van der Waals surface area contributed by atoms with Crippen LogP contribution in [0.2, 0.25) is 0 Å². The van der Waals surface area contributed by atoms with Gasteiger partial charge in [-0.05, 0) is 13.0 Å². The van der Waals surface area contributed by atoms with Gasteiger partial charge in [-0.1, -0.05) is 5.21 Å². The van der Waals surface area contributed by atoms with Crippen LogP contribution in [0.25, 0.3) is 0 Å². The molecule has 0 spiro atoms. The van der Waals surface area contributed by atoms with E-state index in [0.29, 0.717) is 6.54 Å². The topological polar surface area (TPSA) is 106 Å². The Balaban J connectivity index is 2.17. The van der Waals surface area contributed by atoms with Crippen molar-refractivity contribution >= 4 is 11.8 Å². The Morgan fingerprint density at radius 2 is 2.44 bits per heavy atom. The third kappa shape index (κ3) is 2.65. The van der Waals surface area contributed by atoms with E-state index in [0.717, 1.165) is 13.0 Å². The van der Waals surface area contributed by atoms with Crippen LogP contribution in [0, 0.1) is 0 Å². The highest BCUT2D eigenvalue weighted by Gasteiger charge is 2.29. The highest BCUT2D eigenvalue weighted by molar-refractivity contribution is 5.94. The second-order valence-electron chi connectivity index (χ2n) is 4.32. The summed E-state index contributed by atoms with van der Waals surface area (Å²) in [4.78, 5) is 24.8. The first-order valence-corrected chi connectivity index (χ1v) is 5.74. The number of carbonyl (C=O) groups excluding carboxylic acids is 2. The van der Waals surface area contributed by atoms with E-state index in [1.165, 1.54) is 15.8 Å². The summed E-state index contributed by atoms with van der Waals surface area (Å²) in [6, 6.07) is -0.0213. The molecule has 1 aliphatic rings. The lowest BCUT2D eigenvalue weighted by atomic mass is 10.2. The average Bonchev–Trinajstić information content (AvgIpc) is 2.95. The van der Waals surface area contributed by atoms with Gasteiger partial charge in [-0.3, -0.25) is 14.3 Å². The number of nitrogens with one attached hydrogen (secondary N) is 1. The molecule has 1 aliphatic heterocycles. The SMILES string of the molecule is Cn1cc(C(=O)N(CC(N)=O)C2CCNC2)nn1. The van der Waals surface area contributed by atoms with Crippen molar-refractivity contribution in [2.24, 2.45) is 12.8 Å². The third-order valence-electron chi connectivity index (χ3n) is 2.88. The monoisotopic (exact) mass is 252 g/mol. The Bertz CT molecular complexity index is 451. The van der Waals surface area contributed by atoms with Gasteiger partial charge in [0.1, 0.15) is 6.54 Å². The van der Waals surface area contributed by atoms with E-state index in [1.54, 1.807) is 7.05 Å². The fourth-order valence-electron chi connectivity index (χ4n) is 2.03. The van der Waals surface area contributed by atoms with Gasteiger partial charge in [0.2, 0.25) is 5.91 Å². The van der Waals surface area contributed by atoms with Crippen molar-refractivity contribution in [3.8, 4) is 0 Å². The molecule has 0 bridgehead atoms. The van der Waals surface area contributed by atoms with Gasteiger partial charge in [0, 0.05) is 19.6 Å². The first-order chi connectivity index (χ1) is 8.58. The van der Waals surface area contributed by atoms with E-state index in [9.17, 15) is 9.59 Å². The molecule has 98 valence electrons. The van der Waals surface area contributed by atoms with Crippen molar-refractivity contribution < 1.29 is 9.59 Å². The molecule has 1 atom stereocenters. The Labute approximate surface area is 104 Å². The zero-order valence-electron chi connectivity index (χ0n) is 10.2. The van der Waals surface area contributed by atoms with Crippen LogP contribution in [0.4, 0.5) is 0 Å². The number of hydrogen-bond donors (Lipinski definition) is 2. The molecule has 0 radical (unpaired) electrons. The Morgan fingerprint density at radius 1 is 1.67 bits per heavy atom. The first kappa shape index (κ1) is 12.5. The van der Waals surface area contributed by atoms with Crippen LogP contribution in [0.3, 0.4) is 0 Å². The lowest BCUT2D eigenvalue weighted by Crippen LogP contribution is -2.46. The van der Waals surface area contributed by atoms with Crippen LogP contribution in [-0.2, 0) is 11.8 Å². The van der Waals surface area contributed by atoms with Gasteiger partial charge < -0.3 is 16.0 Å². The van der Waals surface area contributed by atoms with E-state index >= 15 is 0 Å². The molecule has 0 saturated carbocycles. The van der Waals surface area contributed by atoms with Crippen LogP contribution in [0.1, 0.15) is 16.9 Å². The minimum Gasteiger partial charge on any atom is -0.368 e. The minimum atomic E-state index is -0.529. The summed E-state index contributed by atoms with van der Waals surface area (Å²) in [6.07, 6.45) is 2.33. The fraction of sp³-hybridized carbons (Fsp3) is 0.600. The molecule has 1 aromatic heterocycles. The summed E-state index contributed by atoms with van der Waals surface area (Å²) in [7, 11) is 1.68. The maximum absolute atomic E-state index is 12.3. The number of hydrogen-bond acceptors (Lipinski definition) is 5. The normalized spacial score (nSPS) is 18.8. The van der Waals surface area contributed by atoms with Crippen LogP contribution >= 0.6 is 0 Å². The third-order valence-corrected chi connectivity index (χ3v) is 2.88. The molecule has 2 heterocycles. The number of carbonyl (C=O) groups is 2. The highest BCUT2D eigenvalue weighted by Crippen LogP contribution is 2.11. The summed E-state index contributed by atoms with van der Waals surface area (Å²) >= 11 is 0. The standard InChI is InChI=1S/C10H16N6O2/c1-15-5-8(13-14-15)10(18)16(6-9(11)17)7-2-3-12-4-7/h5,7,12H,2-4,6H2,1H3,(H2,11,17). The summed E-state index contributed by atoms with van der Waals surface area (Å²) in [5.41, 5.74) is 5.42. The Kier molecular flexibility index (Phi) is 3.56. The lowest BCUT2D eigenvalue weighted by Gasteiger charge is -2.26. The molecule has 1 saturated heterocycles. The second-order valence-corrected chi connectivity index (χ2v) is 4.32. The molecule has 0 aliphatic carbocycles. The summed E-state index contributed by atoms with van der Waals surface area (Å²) in [6.45, 7) is 1.40. The highest BCUT2D eigenvalue weighted by atomic mass is 16.2. The number of aromatic nitrogens is 3. The van der Waals surface area contributed by atoms with Crippen LogP contribution in [-0.4, -0.2) is 57.4 Å². The molecular formula is C10H16N6O2. The van der Waals surface area contributed by atoms with Gasteiger partial charge >= 0.3 is 0 Å². The summed E-state index contributed by atoms with van der Waals surface area (Å²) in [5, 5.41) is 10.6. The molecular weight excluding hydrogens is 236 g/mol. The molecule has 1 aromatic rings. The Hall–Kier alpha value is -1.96. The molecule has 2 amide bonds. The van der Waals surface area contributed by atoms with Gasteiger partial charge in [0.05, 0.1) is 6.20 Å². The maximum atomic E-state index is 12.3. The van der Waals surface area contributed by atoms with Gasteiger partial charge in [-0.2, -0.15) is 0 Å². The number of nitrogens with zero attached hydrogens (tertiary/aromatic N) is 4. The zero-order chi connectivity index (χ0) is 13.1. The molecule has 1 fully saturated rings. The number of aryl methyl sites for hydroxylation is 1. The lowest BCUT2D eigenvalue weighted by molar-refractivity contribution is -0.119. The summed E-state index contributed by atoms with van der Waals surface area (Å²) < 4.78 is 1.45. The van der Waals surface area contributed by atoms with E-state index < -0.39 is 5.91 Å². The predicted octanol–water partition coefficient (Wildman–Crippen LogP) is -1.90. The van der Waals surface area contributed by atoms with Gasteiger partial charge in [0.25, 0.3) is 5.91 Å². The fourth-order valence-corrected chi connectivity index (χ4v) is 2.03. The first-order valence-electron chi connectivity index (χ1n) is 5.74. The van der Waals surface area contributed by atoms with Gasteiger partial charge in [-0.15, -0.1) is 5.10 Å². The van der Waals surface area contributed by atoms with Crippen LogP contribution in [0.5, 0.6) is 0 Å².